The van der Waals surface area contributed by atoms with Gasteiger partial charge in [-0.05, 0) is 48.4 Å². The number of para-hydroxylation sites is 1. The van der Waals surface area contributed by atoms with Gasteiger partial charge in [-0.1, -0.05) is 30.0 Å². The van der Waals surface area contributed by atoms with E-state index in [1.54, 1.807) is 45.0 Å². The molecular weight excluding hydrogens is 700 g/mol. The van der Waals surface area contributed by atoms with E-state index < -0.39 is 56.4 Å². The first kappa shape index (κ1) is 41.5. The fraction of sp³-hybridized carbons (Fsp3) is 0.480. The van der Waals surface area contributed by atoms with E-state index >= 15 is 0 Å². The van der Waals surface area contributed by atoms with Crippen molar-refractivity contribution in [3.8, 4) is 0 Å². The largest absolute Gasteiger partial charge is 1.00 e. The summed E-state index contributed by atoms with van der Waals surface area (Å²) in [4.78, 5) is 52.4. The number of methoxy groups -OCH3 is 1. The van der Waals surface area contributed by atoms with Crippen molar-refractivity contribution in [3.63, 3.8) is 0 Å². The van der Waals surface area contributed by atoms with Crippen LogP contribution < -0.4 is 69.7 Å². The monoisotopic (exact) mass is 733 g/mol. The number of carboxylic acids is 1. The Hall–Kier alpha value is -1.72. The SMILES string of the molecule is CO[C@@]1(NC(=O)Cc2ccccc2NC(=O)OC(C)(C)C)C(=O)N2C(C(=O)O)=C(CSc3nnnn3CCS(=O)(=O)O)CS[C@@H]21.[H-].[H-].[Na+].[Na+]. The van der Waals surface area contributed by atoms with Crippen LogP contribution in [0.15, 0.2) is 40.7 Å². The third kappa shape index (κ3) is 10.2. The van der Waals surface area contributed by atoms with Crippen molar-refractivity contribution in [1.82, 2.24) is 30.4 Å². The standard InChI is InChI=1S/C25H31N7O10S3.2Na.2H/c1-24(2,3)42-23(37)26-16-8-6-5-7-14(16)11-17(33)27-25(41-4)20(36)32-18(19(34)35)15(12-43-21(25)32)13-44-22-28-29-30-31(22)9-10-45(38,39)40;;;;/h5-8,21H,9-13H2,1-4H3,(H,26,37)(H,27,33)(H,34,35)(H,38,39,40);;;;/q;2*+1;2*-1/t21-,25+;;;;/m1..../s1. The van der Waals surface area contributed by atoms with Crippen LogP contribution >= 0.6 is 23.5 Å². The second-order valence-corrected chi connectivity index (χ2v) is 14.4. The molecule has 3 heterocycles. The number of thioether (sulfide) groups is 2. The molecule has 0 unspecified atom stereocenters. The molecule has 4 rings (SSSR count). The van der Waals surface area contributed by atoms with Crippen molar-refractivity contribution in [2.45, 2.75) is 55.6 Å². The zero-order chi connectivity index (χ0) is 33.2. The van der Waals surface area contributed by atoms with Crippen LogP contribution in [0.1, 0.15) is 29.2 Å². The zero-order valence-corrected chi connectivity index (χ0v) is 33.0. The summed E-state index contributed by atoms with van der Waals surface area (Å²) < 4.78 is 43.1. The number of aliphatic carboxylic acids is 1. The Morgan fingerprint density at radius 2 is 1.91 bits per heavy atom. The minimum absolute atomic E-state index is 0. The maximum absolute atomic E-state index is 13.5. The molecule has 4 N–H and O–H groups in total. The number of carbonyl (C=O) groups is 4. The molecule has 1 fully saturated rings. The first-order valence-electron chi connectivity index (χ1n) is 13.2. The van der Waals surface area contributed by atoms with Crippen molar-refractivity contribution in [1.29, 1.82) is 0 Å². The van der Waals surface area contributed by atoms with Gasteiger partial charge in [0, 0.05) is 24.3 Å². The number of aromatic nitrogens is 4. The van der Waals surface area contributed by atoms with Crippen LogP contribution in [-0.4, -0.2) is 108 Å². The van der Waals surface area contributed by atoms with E-state index in [0.29, 0.717) is 16.8 Å². The Morgan fingerprint density at radius 1 is 1.23 bits per heavy atom. The number of benzene rings is 1. The number of hydrogen-bond acceptors (Lipinski definition) is 13. The van der Waals surface area contributed by atoms with Crippen LogP contribution in [0.5, 0.6) is 0 Å². The third-order valence-corrected chi connectivity index (χ3v) is 9.51. The maximum atomic E-state index is 13.5. The number of tetrazole rings is 1. The van der Waals surface area contributed by atoms with E-state index in [2.05, 4.69) is 26.2 Å². The Kier molecular flexibility index (Phi) is 14.8. The number of anilines is 1. The smallest absolute Gasteiger partial charge is 1.00 e. The van der Waals surface area contributed by atoms with Crippen molar-refractivity contribution < 1.29 is 109 Å². The normalized spacial score (nSPS) is 19.0. The van der Waals surface area contributed by atoms with Crippen LogP contribution in [0.2, 0.25) is 0 Å². The van der Waals surface area contributed by atoms with E-state index in [9.17, 15) is 32.7 Å². The van der Waals surface area contributed by atoms with Gasteiger partial charge in [0.2, 0.25) is 11.1 Å². The summed E-state index contributed by atoms with van der Waals surface area (Å²) in [7, 11) is -3.03. The average Bonchev–Trinajstić information content (AvgIpc) is 3.40. The molecule has 0 saturated carbocycles. The first-order valence-corrected chi connectivity index (χ1v) is 16.9. The summed E-state index contributed by atoms with van der Waals surface area (Å²) in [6.07, 6.45) is -0.943. The molecule has 2 aromatic rings. The Labute approximate surface area is 326 Å². The minimum atomic E-state index is -4.26. The molecule has 2 atom stereocenters. The molecule has 47 heavy (non-hydrogen) atoms. The Morgan fingerprint density at radius 3 is 2.53 bits per heavy atom. The number of hydrogen-bond donors (Lipinski definition) is 4. The molecular formula is C25H33N7Na2O10S3. The summed E-state index contributed by atoms with van der Waals surface area (Å²) in [5, 5.41) is 25.5. The fourth-order valence-electron chi connectivity index (χ4n) is 4.48. The van der Waals surface area contributed by atoms with Crippen LogP contribution in [0.25, 0.3) is 0 Å². The van der Waals surface area contributed by atoms with Crippen molar-refractivity contribution >= 4 is 63.2 Å². The Bertz CT molecular complexity index is 1660. The van der Waals surface area contributed by atoms with Gasteiger partial charge in [-0.2, -0.15) is 8.42 Å². The van der Waals surface area contributed by atoms with Gasteiger partial charge >= 0.3 is 71.2 Å². The summed E-state index contributed by atoms with van der Waals surface area (Å²) in [6.45, 7) is 4.92. The molecule has 0 radical (unpaired) electrons. The van der Waals surface area contributed by atoms with Crippen molar-refractivity contribution in [3.05, 3.63) is 41.1 Å². The molecule has 3 amide bonds. The molecule has 1 aromatic carbocycles. The van der Waals surface area contributed by atoms with Gasteiger partial charge < -0.3 is 22.8 Å². The maximum Gasteiger partial charge on any atom is 1.00 e. The second kappa shape index (κ2) is 16.8. The predicted molar refractivity (Wildman–Crippen MR) is 163 cm³/mol. The van der Waals surface area contributed by atoms with Crippen LogP contribution in [-0.2, 0) is 46.9 Å². The average molecular weight is 734 g/mol. The van der Waals surface area contributed by atoms with Crippen LogP contribution in [0.3, 0.4) is 0 Å². The molecule has 1 aromatic heterocycles. The zero-order valence-electron chi connectivity index (χ0n) is 28.5. The molecule has 0 aliphatic carbocycles. The van der Waals surface area contributed by atoms with Gasteiger partial charge in [-0.3, -0.25) is 24.4 Å². The number of aryl methyl sites for hydroxylation is 1. The quantitative estimate of drug-likeness (QED) is 0.0527. The topological polar surface area (TPSA) is 232 Å². The number of ether oxygens (including phenoxy) is 2. The summed E-state index contributed by atoms with van der Waals surface area (Å²) in [5.74, 6) is -3.18. The second-order valence-electron chi connectivity index (χ2n) is 10.8. The van der Waals surface area contributed by atoms with Gasteiger partial charge in [0.25, 0.3) is 21.8 Å². The third-order valence-electron chi connectivity index (χ3n) is 6.40. The fourth-order valence-corrected chi connectivity index (χ4v) is 7.37. The first-order chi connectivity index (χ1) is 21.0. The Balaban J connectivity index is 0.00000576. The van der Waals surface area contributed by atoms with E-state index in [-0.39, 0.29) is 97.3 Å². The van der Waals surface area contributed by atoms with Crippen LogP contribution in [0.4, 0.5) is 10.5 Å². The molecule has 248 valence electrons. The number of fused-ring (bicyclic) bond motifs is 1. The van der Waals surface area contributed by atoms with E-state index in [1.807, 2.05) is 0 Å². The molecule has 2 aliphatic rings. The van der Waals surface area contributed by atoms with Gasteiger partial charge in [0.15, 0.2) is 0 Å². The summed E-state index contributed by atoms with van der Waals surface area (Å²) in [6, 6.07) is 6.58. The van der Waals surface area contributed by atoms with E-state index in [1.165, 1.54) is 18.9 Å². The molecule has 2 aliphatic heterocycles. The van der Waals surface area contributed by atoms with Gasteiger partial charge in [-0.15, -0.1) is 16.9 Å². The molecule has 0 bridgehead atoms. The minimum Gasteiger partial charge on any atom is -1.00 e. The number of nitrogens with one attached hydrogen (secondary N) is 2. The number of carbonyl (C=O) groups excluding carboxylic acids is 3. The molecule has 1 saturated heterocycles. The molecule has 17 nitrogen and oxygen atoms in total. The van der Waals surface area contributed by atoms with Crippen molar-refractivity contribution in [2.75, 3.05) is 29.7 Å². The van der Waals surface area contributed by atoms with E-state index in [0.717, 1.165) is 21.3 Å². The summed E-state index contributed by atoms with van der Waals surface area (Å²) >= 11 is 2.21. The van der Waals surface area contributed by atoms with Crippen molar-refractivity contribution in [2.24, 2.45) is 0 Å². The van der Waals surface area contributed by atoms with Crippen LogP contribution in [0, 0.1) is 0 Å². The number of rotatable bonds is 12. The number of carboxylic acid groups (broad SMARTS) is 1. The predicted octanol–water partition coefficient (Wildman–Crippen LogP) is -4.81. The molecule has 22 heteroatoms. The van der Waals surface area contributed by atoms with Gasteiger partial charge in [-0.25, -0.2) is 14.3 Å². The summed E-state index contributed by atoms with van der Waals surface area (Å²) in [5.41, 5.74) is -1.71. The molecule has 0 spiro atoms. The number of nitrogens with zero attached hydrogens (tertiary/aromatic N) is 5. The van der Waals surface area contributed by atoms with Gasteiger partial charge in [0.05, 0.1) is 18.7 Å². The number of amides is 3. The van der Waals surface area contributed by atoms with E-state index in [4.69, 9.17) is 14.0 Å². The van der Waals surface area contributed by atoms with Gasteiger partial charge in [0.1, 0.15) is 16.7 Å². The number of β-lactam (4-membered cyclic amide) rings is 1.